The first kappa shape index (κ1) is 24.6. The molecule has 8 heteroatoms. The van der Waals surface area contributed by atoms with Crippen LogP contribution in [0.25, 0.3) is 10.9 Å². The predicted octanol–water partition coefficient (Wildman–Crippen LogP) is 4.03. The Kier molecular flexibility index (Phi) is 8.13. The van der Waals surface area contributed by atoms with Crippen molar-refractivity contribution >= 4 is 32.7 Å². The maximum Gasteiger partial charge on any atom is 0.250 e. The van der Waals surface area contributed by atoms with Crippen molar-refractivity contribution in [3.8, 4) is 11.5 Å². The number of ether oxygens (including phenoxy) is 2. The van der Waals surface area contributed by atoms with Gasteiger partial charge in [-0.25, -0.2) is 0 Å². The number of nitrogens with one attached hydrogen (secondary N) is 1. The third-order valence-corrected chi connectivity index (χ3v) is 6.35. The lowest BCUT2D eigenvalue weighted by molar-refractivity contribution is 0.100. The highest BCUT2D eigenvalue weighted by atomic mass is 79.9. The summed E-state index contributed by atoms with van der Waals surface area (Å²) in [5.41, 5.74) is 8.10. The molecule has 4 rings (SSSR count). The first-order valence-electron chi connectivity index (χ1n) is 11.8. The minimum absolute atomic E-state index is 0.104. The zero-order valence-corrected chi connectivity index (χ0v) is 21.0. The van der Waals surface area contributed by atoms with Crippen LogP contribution in [-0.2, 0) is 13.0 Å². The number of fused-ring (bicyclic) bond motifs is 1. The Labute approximate surface area is 208 Å². The van der Waals surface area contributed by atoms with Crippen molar-refractivity contribution in [2.24, 2.45) is 5.73 Å². The van der Waals surface area contributed by atoms with Crippen LogP contribution in [0.1, 0.15) is 42.1 Å². The molecule has 0 aliphatic heterocycles. The van der Waals surface area contributed by atoms with E-state index in [1.807, 2.05) is 41.1 Å². The number of primary amides is 1. The summed E-state index contributed by atoms with van der Waals surface area (Å²) in [6, 6.07) is 12.0. The molecule has 7 nitrogen and oxygen atoms in total. The van der Waals surface area contributed by atoms with Gasteiger partial charge in [0, 0.05) is 41.8 Å². The predicted molar refractivity (Wildman–Crippen MR) is 137 cm³/mol. The number of hydrogen-bond acceptors (Lipinski definition) is 5. The van der Waals surface area contributed by atoms with Crippen LogP contribution in [0.4, 0.5) is 0 Å². The Balaban J connectivity index is 1.34. The van der Waals surface area contributed by atoms with Crippen LogP contribution in [0.15, 0.2) is 47.1 Å². The van der Waals surface area contributed by atoms with Gasteiger partial charge < -0.3 is 30.2 Å². The fourth-order valence-electron chi connectivity index (χ4n) is 4.10. The molecule has 1 aliphatic rings. The number of hydrogen-bond donors (Lipinski definition) is 3. The SMILES string of the molecule is C[C@H](Cc1cc(C(N)=O)c2c(ccn2CCCO)c1)NCCOc1ccc(Br)cc1OC1CC1. The number of amides is 1. The monoisotopic (exact) mass is 529 g/mol. The second-order valence-electron chi connectivity index (χ2n) is 8.85. The Morgan fingerprint density at radius 3 is 2.82 bits per heavy atom. The van der Waals surface area contributed by atoms with E-state index in [1.54, 1.807) is 0 Å². The van der Waals surface area contributed by atoms with Gasteiger partial charge >= 0.3 is 0 Å². The molecule has 1 aromatic heterocycles. The molecular weight excluding hydrogens is 498 g/mol. The van der Waals surface area contributed by atoms with E-state index < -0.39 is 5.91 Å². The Morgan fingerprint density at radius 1 is 1.26 bits per heavy atom. The van der Waals surface area contributed by atoms with Crippen molar-refractivity contribution in [1.29, 1.82) is 0 Å². The number of benzene rings is 2. The molecule has 2 aromatic carbocycles. The van der Waals surface area contributed by atoms with Gasteiger partial charge in [0.15, 0.2) is 11.5 Å². The number of nitrogens with zero attached hydrogens (tertiary/aromatic N) is 1. The lowest BCUT2D eigenvalue weighted by atomic mass is 10.0. The van der Waals surface area contributed by atoms with Crippen LogP contribution in [0, 0.1) is 0 Å². The van der Waals surface area contributed by atoms with Gasteiger partial charge in [-0.3, -0.25) is 4.79 Å². The topological polar surface area (TPSA) is 98.7 Å². The van der Waals surface area contributed by atoms with E-state index in [-0.39, 0.29) is 12.6 Å². The smallest absolute Gasteiger partial charge is 0.250 e. The van der Waals surface area contributed by atoms with Gasteiger partial charge in [0.1, 0.15) is 6.61 Å². The molecule has 0 unspecified atom stereocenters. The standard InChI is InChI=1S/C26H32BrN3O4/c1-17(29-8-12-33-23-6-3-20(27)16-24(23)34-21-4-5-21)13-18-14-19-7-10-30(9-2-11-31)25(19)22(15-18)26(28)32/h3,6-7,10,14-17,21,29,31H,2,4-5,8-9,11-13H2,1H3,(H2,28,32)/t17-/m1/s1. The molecule has 1 fully saturated rings. The lowest BCUT2D eigenvalue weighted by Crippen LogP contribution is -2.32. The molecule has 1 aliphatic carbocycles. The molecule has 0 spiro atoms. The normalized spacial score (nSPS) is 14.3. The minimum Gasteiger partial charge on any atom is -0.488 e. The molecule has 34 heavy (non-hydrogen) atoms. The summed E-state index contributed by atoms with van der Waals surface area (Å²) in [7, 11) is 0. The van der Waals surface area contributed by atoms with E-state index in [2.05, 4.69) is 34.2 Å². The number of aryl methyl sites for hydroxylation is 1. The third-order valence-electron chi connectivity index (χ3n) is 5.86. The van der Waals surface area contributed by atoms with E-state index in [4.69, 9.17) is 20.3 Å². The van der Waals surface area contributed by atoms with Crippen molar-refractivity contribution in [1.82, 2.24) is 9.88 Å². The summed E-state index contributed by atoms with van der Waals surface area (Å²) in [6.45, 7) is 4.06. The molecule has 3 aromatic rings. The minimum atomic E-state index is -0.441. The Morgan fingerprint density at radius 2 is 2.09 bits per heavy atom. The van der Waals surface area contributed by atoms with E-state index >= 15 is 0 Å². The maximum absolute atomic E-state index is 12.2. The van der Waals surface area contributed by atoms with Crippen molar-refractivity contribution in [3.63, 3.8) is 0 Å². The molecule has 1 atom stereocenters. The average molecular weight is 530 g/mol. The van der Waals surface area contributed by atoms with Crippen LogP contribution in [0.2, 0.25) is 0 Å². The molecule has 182 valence electrons. The van der Waals surface area contributed by atoms with E-state index in [0.717, 1.165) is 51.7 Å². The first-order valence-corrected chi connectivity index (χ1v) is 12.6. The number of carbonyl (C=O) groups is 1. The zero-order chi connectivity index (χ0) is 24.1. The van der Waals surface area contributed by atoms with E-state index in [1.165, 1.54) is 0 Å². The fourth-order valence-corrected chi connectivity index (χ4v) is 4.44. The van der Waals surface area contributed by atoms with Crippen LogP contribution in [-0.4, -0.2) is 47.5 Å². The van der Waals surface area contributed by atoms with Gasteiger partial charge in [-0.1, -0.05) is 15.9 Å². The second kappa shape index (κ2) is 11.3. The van der Waals surface area contributed by atoms with Crippen molar-refractivity contribution in [2.45, 2.75) is 51.3 Å². The summed E-state index contributed by atoms with van der Waals surface area (Å²) in [6.07, 6.45) is 5.83. The number of aliphatic hydroxyl groups is 1. The molecule has 1 amide bonds. The van der Waals surface area contributed by atoms with Crippen molar-refractivity contribution in [2.75, 3.05) is 19.8 Å². The first-order chi connectivity index (χ1) is 16.4. The van der Waals surface area contributed by atoms with Crippen LogP contribution in [0.3, 0.4) is 0 Å². The second-order valence-corrected chi connectivity index (χ2v) is 9.76. The number of nitrogens with two attached hydrogens (primary N) is 1. The van der Waals surface area contributed by atoms with Crippen LogP contribution < -0.4 is 20.5 Å². The van der Waals surface area contributed by atoms with E-state index in [0.29, 0.717) is 37.8 Å². The van der Waals surface area contributed by atoms with Gasteiger partial charge in [-0.2, -0.15) is 0 Å². The summed E-state index contributed by atoms with van der Waals surface area (Å²) < 4.78 is 14.9. The highest BCUT2D eigenvalue weighted by molar-refractivity contribution is 9.10. The van der Waals surface area contributed by atoms with Gasteiger partial charge in [-0.15, -0.1) is 0 Å². The van der Waals surface area contributed by atoms with E-state index in [9.17, 15) is 4.79 Å². The zero-order valence-electron chi connectivity index (χ0n) is 19.4. The largest absolute Gasteiger partial charge is 0.488 e. The van der Waals surface area contributed by atoms with Crippen molar-refractivity contribution < 1.29 is 19.4 Å². The number of aliphatic hydroxyl groups excluding tert-OH is 1. The number of rotatable bonds is 13. The molecule has 0 bridgehead atoms. The highest BCUT2D eigenvalue weighted by Crippen LogP contribution is 2.35. The molecule has 1 saturated carbocycles. The summed E-state index contributed by atoms with van der Waals surface area (Å²) in [5.74, 6) is 1.10. The Hall–Kier alpha value is -2.55. The molecule has 1 heterocycles. The van der Waals surface area contributed by atoms with Crippen LogP contribution >= 0.6 is 15.9 Å². The lowest BCUT2D eigenvalue weighted by Gasteiger charge is -2.17. The van der Waals surface area contributed by atoms with Gasteiger partial charge in [-0.05, 0) is 74.6 Å². The number of halogens is 1. The van der Waals surface area contributed by atoms with Crippen LogP contribution in [0.5, 0.6) is 11.5 Å². The molecular formula is C26H32BrN3O4. The summed E-state index contributed by atoms with van der Waals surface area (Å²) in [4.78, 5) is 12.2. The average Bonchev–Trinajstić information content (AvgIpc) is 3.53. The number of carbonyl (C=O) groups excluding carboxylic acids is 1. The fraction of sp³-hybridized carbons (Fsp3) is 0.423. The summed E-state index contributed by atoms with van der Waals surface area (Å²) in [5, 5.41) is 13.6. The number of aromatic nitrogens is 1. The highest BCUT2D eigenvalue weighted by Gasteiger charge is 2.25. The Bertz CT molecular complexity index is 1140. The van der Waals surface area contributed by atoms with Gasteiger partial charge in [0.25, 0.3) is 5.91 Å². The quantitative estimate of drug-likeness (QED) is 0.290. The van der Waals surface area contributed by atoms with Gasteiger partial charge in [0.05, 0.1) is 17.2 Å². The maximum atomic E-state index is 12.2. The molecule has 0 saturated heterocycles. The summed E-state index contributed by atoms with van der Waals surface area (Å²) >= 11 is 3.49. The molecule has 0 radical (unpaired) electrons. The molecule has 4 N–H and O–H groups in total. The van der Waals surface area contributed by atoms with Gasteiger partial charge in [0.2, 0.25) is 0 Å². The third kappa shape index (κ3) is 6.31. The van der Waals surface area contributed by atoms with Crippen molar-refractivity contribution in [3.05, 3.63) is 58.2 Å².